The molecule has 0 aliphatic heterocycles. The van der Waals surface area contributed by atoms with E-state index in [0.29, 0.717) is 17.9 Å². The molecule has 0 bridgehead atoms. The van der Waals surface area contributed by atoms with Crippen molar-refractivity contribution in [3.63, 3.8) is 0 Å². The van der Waals surface area contributed by atoms with Gasteiger partial charge in [-0.1, -0.05) is 75.9 Å². The minimum atomic E-state index is 0.303. The van der Waals surface area contributed by atoms with Gasteiger partial charge < -0.3 is 4.74 Å². The molecule has 0 aromatic rings. The molecule has 2 aliphatic rings. The van der Waals surface area contributed by atoms with Gasteiger partial charge in [0.2, 0.25) is 0 Å². The molecule has 0 radical (unpaired) electrons. The first kappa shape index (κ1) is 20.1. The minimum Gasteiger partial charge on any atom is -0.374 e. The van der Waals surface area contributed by atoms with Gasteiger partial charge in [0.1, 0.15) is 0 Å². The van der Waals surface area contributed by atoms with Crippen LogP contribution in [-0.2, 0) is 4.74 Å². The number of hydrogen-bond donors (Lipinski definition) is 0. The number of rotatable bonds is 9. The van der Waals surface area contributed by atoms with E-state index in [4.69, 9.17) is 16.3 Å². The number of ether oxygens (including phenoxy) is 1. The molecule has 136 valence electrons. The summed E-state index contributed by atoms with van der Waals surface area (Å²) in [5.74, 6) is 1.10. The van der Waals surface area contributed by atoms with Gasteiger partial charge in [-0.05, 0) is 54.6 Å². The molecule has 0 spiro atoms. The van der Waals surface area contributed by atoms with Crippen LogP contribution < -0.4 is 0 Å². The Balaban J connectivity index is 1.81. The Bertz CT molecular complexity index is 480. The van der Waals surface area contributed by atoms with Crippen LogP contribution in [0.15, 0.2) is 33.1 Å². The van der Waals surface area contributed by atoms with E-state index in [1.54, 1.807) is 0 Å². The van der Waals surface area contributed by atoms with Crippen molar-refractivity contribution in [2.24, 2.45) is 11.8 Å². The number of allylic oxidation sites excluding steroid dienone is 4. The molecule has 3 unspecified atom stereocenters. The maximum absolute atomic E-state index is 6.33. The summed E-state index contributed by atoms with van der Waals surface area (Å²) in [4.78, 5) is 2.76. The van der Waals surface area contributed by atoms with Gasteiger partial charge >= 0.3 is 0 Å². The molecule has 3 atom stereocenters. The molecule has 24 heavy (non-hydrogen) atoms. The molecule has 0 N–H and O–H groups in total. The summed E-state index contributed by atoms with van der Waals surface area (Å²) < 4.78 is 6.12. The van der Waals surface area contributed by atoms with Crippen molar-refractivity contribution >= 4 is 23.4 Å². The second-order valence-corrected chi connectivity index (χ2v) is 8.83. The summed E-state index contributed by atoms with van der Waals surface area (Å²) in [6.07, 6.45) is 17.1. The molecule has 0 saturated heterocycles. The molecule has 1 nitrogen and oxygen atoms in total. The highest BCUT2D eigenvalue weighted by Crippen LogP contribution is 2.41. The van der Waals surface area contributed by atoms with Gasteiger partial charge in [-0.15, -0.1) is 0 Å². The van der Waals surface area contributed by atoms with E-state index in [1.807, 2.05) is 11.8 Å². The molecule has 0 heterocycles. The maximum Gasteiger partial charge on any atom is 0.0766 e. The lowest BCUT2D eigenvalue weighted by atomic mass is 9.95. The van der Waals surface area contributed by atoms with Gasteiger partial charge in [-0.3, -0.25) is 0 Å². The lowest BCUT2D eigenvalue weighted by Gasteiger charge is -2.27. The van der Waals surface area contributed by atoms with E-state index in [1.165, 1.54) is 48.3 Å². The van der Waals surface area contributed by atoms with Crippen LogP contribution in [-0.4, -0.2) is 12.7 Å². The Morgan fingerprint density at radius 2 is 1.92 bits per heavy atom. The zero-order valence-corrected chi connectivity index (χ0v) is 17.1. The van der Waals surface area contributed by atoms with Crippen LogP contribution in [0.1, 0.15) is 72.1 Å². The van der Waals surface area contributed by atoms with Crippen LogP contribution in [0, 0.1) is 11.8 Å². The monoisotopic (exact) mass is 368 g/mol. The van der Waals surface area contributed by atoms with Crippen LogP contribution in [0.5, 0.6) is 0 Å². The molecule has 2 aliphatic carbocycles. The molecule has 3 heteroatoms. The average Bonchev–Trinajstić information content (AvgIpc) is 2.57. The van der Waals surface area contributed by atoms with E-state index in [-0.39, 0.29) is 0 Å². The van der Waals surface area contributed by atoms with Crippen LogP contribution >= 0.6 is 23.4 Å². The van der Waals surface area contributed by atoms with Crippen molar-refractivity contribution < 1.29 is 4.74 Å². The van der Waals surface area contributed by atoms with Crippen LogP contribution in [0.4, 0.5) is 0 Å². The first-order chi connectivity index (χ1) is 11.6. The molecule has 0 saturated carbocycles. The third-order valence-electron chi connectivity index (χ3n) is 4.96. The van der Waals surface area contributed by atoms with Gasteiger partial charge in [-0.2, -0.15) is 0 Å². The summed E-state index contributed by atoms with van der Waals surface area (Å²) in [7, 11) is 0. The Morgan fingerprint density at radius 1 is 1.12 bits per heavy atom. The molecule has 0 amide bonds. The van der Waals surface area contributed by atoms with E-state index < -0.39 is 0 Å². The van der Waals surface area contributed by atoms with Crippen molar-refractivity contribution in [1.82, 2.24) is 0 Å². The highest BCUT2D eigenvalue weighted by atomic mass is 35.5. The highest BCUT2D eigenvalue weighted by molar-refractivity contribution is 8.06. The highest BCUT2D eigenvalue weighted by Gasteiger charge is 2.22. The minimum absolute atomic E-state index is 0.303. The summed E-state index contributed by atoms with van der Waals surface area (Å²) in [5.41, 5.74) is 0. The quantitative estimate of drug-likeness (QED) is 0.391. The molecular formula is C21H33ClOS. The van der Waals surface area contributed by atoms with E-state index in [2.05, 4.69) is 39.0 Å². The third-order valence-corrected chi connectivity index (χ3v) is 6.74. The molecule has 0 fully saturated rings. The first-order valence-corrected chi connectivity index (χ1v) is 10.9. The fourth-order valence-electron chi connectivity index (χ4n) is 3.14. The molecule has 0 aromatic carbocycles. The largest absolute Gasteiger partial charge is 0.374 e. The van der Waals surface area contributed by atoms with Crippen LogP contribution in [0.2, 0.25) is 0 Å². The number of halogens is 1. The SMILES string of the molecule is CCCCCCCOC1C=C(SC2=CCC(C)C(Cl)=C2)C(C)CC1. The number of unbranched alkanes of at least 4 members (excludes halogenated alkanes) is 4. The number of thioether (sulfide) groups is 1. The van der Waals surface area contributed by atoms with Crippen molar-refractivity contribution in [2.75, 3.05) is 6.61 Å². The second-order valence-electron chi connectivity index (χ2n) is 7.25. The predicted molar refractivity (Wildman–Crippen MR) is 108 cm³/mol. The van der Waals surface area contributed by atoms with Crippen molar-refractivity contribution in [3.8, 4) is 0 Å². The van der Waals surface area contributed by atoms with Crippen molar-refractivity contribution in [2.45, 2.75) is 78.2 Å². The average molecular weight is 369 g/mol. The summed E-state index contributed by atoms with van der Waals surface area (Å²) in [6.45, 7) is 7.68. The summed E-state index contributed by atoms with van der Waals surface area (Å²) in [5, 5.41) is 0.990. The maximum atomic E-state index is 6.33. The molecule has 2 rings (SSSR count). The van der Waals surface area contributed by atoms with Gasteiger partial charge in [0.25, 0.3) is 0 Å². The topological polar surface area (TPSA) is 9.23 Å². The zero-order valence-electron chi connectivity index (χ0n) is 15.5. The normalized spacial score (nSPS) is 27.5. The van der Waals surface area contributed by atoms with E-state index >= 15 is 0 Å². The Hall–Kier alpha value is -0.180. The van der Waals surface area contributed by atoms with Gasteiger partial charge in [0.15, 0.2) is 0 Å². The van der Waals surface area contributed by atoms with Crippen LogP contribution in [0.25, 0.3) is 0 Å². The lowest BCUT2D eigenvalue weighted by Crippen LogP contribution is -2.18. The summed E-state index contributed by atoms with van der Waals surface area (Å²) >= 11 is 8.22. The zero-order chi connectivity index (χ0) is 17.4. The van der Waals surface area contributed by atoms with Crippen molar-refractivity contribution in [1.29, 1.82) is 0 Å². The lowest BCUT2D eigenvalue weighted by molar-refractivity contribution is 0.0687. The molecule has 0 aromatic heterocycles. The van der Waals surface area contributed by atoms with Crippen LogP contribution in [0.3, 0.4) is 0 Å². The van der Waals surface area contributed by atoms with Gasteiger partial charge in [0, 0.05) is 16.5 Å². The van der Waals surface area contributed by atoms with Crippen molar-refractivity contribution in [3.05, 3.63) is 33.1 Å². The Kier molecular flexibility index (Phi) is 9.00. The summed E-state index contributed by atoms with van der Waals surface area (Å²) in [6, 6.07) is 0. The predicted octanol–water partition coefficient (Wildman–Crippen LogP) is 7.44. The Morgan fingerprint density at radius 3 is 2.67 bits per heavy atom. The Labute approximate surface area is 157 Å². The smallest absolute Gasteiger partial charge is 0.0766 e. The first-order valence-electron chi connectivity index (χ1n) is 9.68. The number of hydrogen-bond acceptors (Lipinski definition) is 2. The standard InChI is InChI=1S/C21H33ClOS/c1-4-5-6-7-8-13-23-18-11-9-17(3)21(14-18)24-19-12-10-16(2)20(22)15-19/h12,14-18H,4-11,13H2,1-3H3. The van der Waals surface area contributed by atoms with E-state index in [0.717, 1.165) is 24.5 Å². The third kappa shape index (κ3) is 6.61. The van der Waals surface area contributed by atoms with Gasteiger partial charge in [0.05, 0.1) is 6.10 Å². The fourth-order valence-corrected chi connectivity index (χ4v) is 4.59. The van der Waals surface area contributed by atoms with E-state index in [9.17, 15) is 0 Å². The van der Waals surface area contributed by atoms with Gasteiger partial charge in [-0.25, -0.2) is 0 Å². The second kappa shape index (κ2) is 10.7. The fraction of sp³-hybridized carbons (Fsp3) is 0.714. The molecular weight excluding hydrogens is 336 g/mol.